The van der Waals surface area contributed by atoms with Gasteiger partial charge in [0.15, 0.2) is 5.82 Å². The number of aromatic nitrogens is 3. The summed E-state index contributed by atoms with van der Waals surface area (Å²) in [5, 5.41) is 0.594. The average molecular weight is 526 g/mol. The van der Waals surface area contributed by atoms with Gasteiger partial charge in [0.05, 0.1) is 32.5 Å². The third kappa shape index (κ3) is 3.69. The molecule has 1 aliphatic carbocycles. The molecular weight excluding hydrogens is 508 g/mol. The molecule has 0 unspecified atom stereocenters. The van der Waals surface area contributed by atoms with Gasteiger partial charge in [0.25, 0.3) is 15.6 Å². The predicted molar refractivity (Wildman–Crippen MR) is 134 cm³/mol. The van der Waals surface area contributed by atoms with E-state index in [1.807, 2.05) is 0 Å². The van der Waals surface area contributed by atoms with Crippen molar-refractivity contribution < 1.29 is 17.2 Å². The number of anilines is 2. The minimum absolute atomic E-state index is 0.0314. The molecule has 0 aliphatic heterocycles. The lowest BCUT2D eigenvalue weighted by molar-refractivity contribution is 0.571. The largest absolute Gasteiger partial charge is 0.384 e. The fourth-order valence-electron chi connectivity index (χ4n) is 4.22. The Hall–Kier alpha value is -3.90. The molecule has 182 valence electrons. The average Bonchev–Trinajstić information content (AvgIpc) is 3.56. The molecule has 5 aromatic rings. The van der Waals surface area contributed by atoms with Crippen molar-refractivity contribution in [3.05, 3.63) is 76.2 Å². The van der Waals surface area contributed by atoms with Crippen LogP contribution in [0.3, 0.4) is 0 Å². The van der Waals surface area contributed by atoms with Gasteiger partial charge in [-0.25, -0.2) is 27.2 Å². The van der Waals surface area contributed by atoms with Gasteiger partial charge in [-0.05, 0) is 31.0 Å². The van der Waals surface area contributed by atoms with Crippen molar-refractivity contribution in [3.8, 4) is 11.1 Å². The third-order valence-electron chi connectivity index (χ3n) is 6.06. The summed E-state index contributed by atoms with van der Waals surface area (Å²) < 4.78 is 60.4. The number of nitrogen functional groups attached to an aromatic ring is 1. The zero-order chi connectivity index (χ0) is 25.2. The van der Waals surface area contributed by atoms with Crippen LogP contribution in [0.15, 0.2) is 63.9 Å². The first-order chi connectivity index (χ1) is 17.2. The normalized spacial score (nSPS) is 13.9. The highest BCUT2D eigenvalue weighted by molar-refractivity contribution is 7.92. The maximum atomic E-state index is 15.7. The van der Waals surface area contributed by atoms with Crippen LogP contribution in [-0.2, 0) is 10.0 Å². The molecule has 3 N–H and O–H groups in total. The van der Waals surface area contributed by atoms with E-state index in [-0.39, 0.29) is 23.0 Å². The summed E-state index contributed by atoms with van der Waals surface area (Å²) >= 11 is 1.15. The number of benzene rings is 2. The maximum Gasteiger partial charge on any atom is 0.264 e. The van der Waals surface area contributed by atoms with Crippen LogP contribution < -0.4 is 16.0 Å². The van der Waals surface area contributed by atoms with Crippen LogP contribution in [-0.4, -0.2) is 23.0 Å². The van der Waals surface area contributed by atoms with E-state index >= 15 is 4.39 Å². The lowest BCUT2D eigenvalue weighted by Crippen LogP contribution is -2.22. The van der Waals surface area contributed by atoms with Gasteiger partial charge in [-0.15, -0.1) is 11.3 Å². The molecule has 36 heavy (non-hydrogen) atoms. The van der Waals surface area contributed by atoms with Gasteiger partial charge in [-0.2, -0.15) is 0 Å². The van der Waals surface area contributed by atoms with E-state index in [9.17, 15) is 17.6 Å². The minimum Gasteiger partial charge on any atom is -0.384 e. The highest BCUT2D eigenvalue weighted by Gasteiger charge is 2.29. The number of hydrogen-bond acceptors (Lipinski definition) is 7. The minimum atomic E-state index is -4.49. The van der Waals surface area contributed by atoms with Crippen molar-refractivity contribution in [2.45, 2.75) is 23.8 Å². The summed E-state index contributed by atoms with van der Waals surface area (Å²) in [4.78, 5) is 20.8. The quantitative estimate of drug-likeness (QED) is 0.344. The van der Waals surface area contributed by atoms with Crippen molar-refractivity contribution in [1.82, 2.24) is 14.5 Å². The molecular formula is C24H17F2N5O3S2. The van der Waals surface area contributed by atoms with Crippen molar-refractivity contribution in [3.63, 3.8) is 0 Å². The van der Waals surface area contributed by atoms with Crippen molar-refractivity contribution in [2.75, 3.05) is 10.5 Å². The van der Waals surface area contributed by atoms with E-state index < -0.39 is 37.8 Å². The van der Waals surface area contributed by atoms with Crippen LogP contribution in [0.5, 0.6) is 0 Å². The first kappa shape index (κ1) is 22.6. The molecule has 1 fully saturated rings. The van der Waals surface area contributed by atoms with Gasteiger partial charge >= 0.3 is 0 Å². The molecule has 3 aromatic heterocycles. The van der Waals surface area contributed by atoms with Gasteiger partial charge in [-0.3, -0.25) is 9.52 Å². The van der Waals surface area contributed by atoms with E-state index in [4.69, 9.17) is 5.73 Å². The third-order valence-corrected chi connectivity index (χ3v) is 8.23. The predicted octanol–water partition coefficient (Wildman–Crippen LogP) is 4.67. The zero-order valence-electron chi connectivity index (χ0n) is 18.4. The summed E-state index contributed by atoms with van der Waals surface area (Å²) in [6, 6.07) is 9.28. The Bertz CT molecular complexity index is 1860. The number of halogens is 2. The van der Waals surface area contributed by atoms with Gasteiger partial charge in [-0.1, -0.05) is 12.1 Å². The maximum absolute atomic E-state index is 15.7. The van der Waals surface area contributed by atoms with E-state index in [0.29, 0.717) is 21.1 Å². The molecule has 0 saturated heterocycles. The Balaban J connectivity index is 1.46. The Labute approximate surface area is 207 Å². The molecule has 0 radical (unpaired) electrons. The molecule has 8 nitrogen and oxygen atoms in total. The van der Waals surface area contributed by atoms with E-state index in [1.54, 1.807) is 10.6 Å². The summed E-state index contributed by atoms with van der Waals surface area (Å²) in [6.07, 6.45) is 3.12. The number of rotatable bonds is 5. The molecule has 2 aromatic carbocycles. The number of pyridine rings is 2. The van der Waals surface area contributed by atoms with Gasteiger partial charge < -0.3 is 10.3 Å². The Morgan fingerprint density at radius 2 is 1.89 bits per heavy atom. The SMILES string of the molecule is Nc1cc2c(cn1)cc(-c1cccc(NS(=O)(=O)c3cc4scnc4cc3F)c1F)c(=O)n2C1CC1. The van der Waals surface area contributed by atoms with Crippen LogP contribution in [0.2, 0.25) is 0 Å². The van der Waals surface area contributed by atoms with Crippen LogP contribution in [0, 0.1) is 11.6 Å². The lowest BCUT2D eigenvalue weighted by atomic mass is 10.0. The number of hydrogen-bond donors (Lipinski definition) is 2. The number of sulfonamides is 1. The van der Waals surface area contributed by atoms with Gasteiger partial charge in [0, 0.05) is 35.3 Å². The highest BCUT2D eigenvalue weighted by atomic mass is 32.2. The Kier molecular flexibility index (Phi) is 5.05. The molecule has 6 rings (SSSR count). The molecule has 1 aliphatic rings. The molecule has 3 heterocycles. The van der Waals surface area contributed by atoms with Crippen LogP contribution in [0.25, 0.3) is 32.2 Å². The number of nitrogens with two attached hydrogens (primary N) is 1. The first-order valence-corrected chi connectivity index (χ1v) is 13.2. The second-order valence-electron chi connectivity index (χ2n) is 8.51. The molecule has 0 amide bonds. The molecule has 0 atom stereocenters. The Morgan fingerprint density at radius 3 is 2.67 bits per heavy atom. The van der Waals surface area contributed by atoms with Gasteiger partial charge in [0.2, 0.25) is 0 Å². The standard InChI is InChI=1S/C24H17F2N5O3S2/c25-16-7-18-20(35-11-29-18)9-21(16)36(33,34)30-17-3-1-2-14(23(17)26)15-6-12-10-28-22(27)8-19(12)31(24(15)32)13-4-5-13/h1-3,6-11,13,30H,4-5H2,(H2,27,28). The summed E-state index contributed by atoms with van der Waals surface area (Å²) in [5.74, 6) is -1.70. The number of fused-ring (bicyclic) bond motifs is 2. The first-order valence-electron chi connectivity index (χ1n) is 10.9. The van der Waals surface area contributed by atoms with Crippen molar-refractivity contribution in [1.29, 1.82) is 0 Å². The fourth-order valence-corrected chi connectivity index (χ4v) is 6.14. The zero-order valence-corrected chi connectivity index (χ0v) is 20.0. The lowest BCUT2D eigenvalue weighted by Gasteiger charge is -2.15. The summed E-state index contributed by atoms with van der Waals surface area (Å²) in [6.45, 7) is 0. The van der Waals surface area contributed by atoms with E-state index in [0.717, 1.165) is 36.3 Å². The summed E-state index contributed by atoms with van der Waals surface area (Å²) in [7, 11) is -4.49. The number of nitrogens with one attached hydrogen (secondary N) is 1. The smallest absolute Gasteiger partial charge is 0.264 e. The monoisotopic (exact) mass is 525 g/mol. The van der Waals surface area contributed by atoms with Crippen LogP contribution in [0.1, 0.15) is 18.9 Å². The van der Waals surface area contributed by atoms with Crippen LogP contribution in [0.4, 0.5) is 20.3 Å². The van der Waals surface area contributed by atoms with Crippen molar-refractivity contribution >= 4 is 54.0 Å². The molecule has 0 bridgehead atoms. The van der Waals surface area contributed by atoms with Crippen LogP contribution >= 0.6 is 11.3 Å². The Morgan fingerprint density at radius 1 is 1.08 bits per heavy atom. The number of thiazole rings is 1. The van der Waals surface area contributed by atoms with Crippen molar-refractivity contribution in [2.24, 2.45) is 0 Å². The topological polar surface area (TPSA) is 120 Å². The molecule has 0 spiro atoms. The molecule has 12 heteroatoms. The van der Waals surface area contributed by atoms with E-state index in [1.165, 1.54) is 36.0 Å². The second kappa shape index (κ2) is 8.07. The molecule has 1 saturated carbocycles. The van der Waals surface area contributed by atoms with E-state index in [2.05, 4.69) is 14.7 Å². The highest BCUT2D eigenvalue weighted by Crippen LogP contribution is 2.38. The van der Waals surface area contributed by atoms with Gasteiger partial charge in [0.1, 0.15) is 16.5 Å². The summed E-state index contributed by atoms with van der Waals surface area (Å²) in [5.41, 5.74) is 7.34. The fraction of sp³-hybridized carbons (Fsp3) is 0.125. The number of nitrogens with zero attached hydrogens (tertiary/aromatic N) is 3. The second-order valence-corrected chi connectivity index (χ2v) is 11.0.